The molecule has 0 unspecified atom stereocenters. The van der Waals surface area contributed by atoms with Crippen molar-refractivity contribution in [3.05, 3.63) is 0 Å². The molecule has 0 N–H and O–H groups in total. The Bertz CT molecular complexity index is 87.8. The van der Waals surface area contributed by atoms with Crippen LogP contribution in [0.25, 0.3) is 0 Å². The Morgan fingerprint density at radius 1 is 0.600 bits per heavy atom. The third-order valence-corrected chi connectivity index (χ3v) is 0.848. The van der Waals surface area contributed by atoms with Crippen molar-refractivity contribution >= 4 is 20.7 Å². The normalized spacial score (nSPS) is 6.40. The summed E-state index contributed by atoms with van der Waals surface area (Å²) in [4.78, 5) is 36.8. The molecule has 0 saturated carbocycles. The SMILES string of the molecule is O=[CH][Mn][CH]=O.O=[CH][Mn][CH]=O. The van der Waals surface area contributed by atoms with E-state index in [0.29, 0.717) is 20.7 Å². The van der Waals surface area contributed by atoms with E-state index in [1.807, 2.05) is 0 Å². The van der Waals surface area contributed by atoms with E-state index in [2.05, 4.69) is 0 Å². The van der Waals surface area contributed by atoms with E-state index in [4.69, 9.17) is 0 Å². The predicted octanol–water partition coefficient (Wildman–Crippen LogP) is -1.10. The molecule has 0 aliphatic heterocycles. The van der Waals surface area contributed by atoms with E-state index in [9.17, 15) is 19.2 Å². The molecule has 0 fully saturated rings. The van der Waals surface area contributed by atoms with Gasteiger partial charge in [0.25, 0.3) is 0 Å². The molecule has 0 amide bonds. The summed E-state index contributed by atoms with van der Waals surface area (Å²) >= 11 is -0.375. The van der Waals surface area contributed by atoms with Gasteiger partial charge in [-0.05, 0) is 0 Å². The van der Waals surface area contributed by atoms with Gasteiger partial charge in [0.15, 0.2) is 0 Å². The topological polar surface area (TPSA) is 68.3 Å². The Hall–Kier alpha value is -0.281. The van der Waals surface area contributed by atoms with Crippen LogP contribution in [0.2, 0.25) is 0 Å². The quantitative estimate of drug-likeness (QED) is 0.450. The summed E-state index contributed by atoms with van der Waals surface area (Å²) in [5.74, 6) is 0. The number of hydrogen-bond donors (Lipinski definition) is 0. The van der Waals surface area contributed by atoms with Gasteiger partial charge in [-0.15, -0.1) is 0 Å². The molecule has 0 bridgehead atoms. The maximum atomic E-state index is 9.19. The van der Waals surface area contributed by atoms with Gasteiger partial charge >= 0.3 is 69.8 Å². The van der Waals surface area contributed by atoms with Crippen LogP contribution in [0.3, 0.4) is 0 Å². The Morgan fingerprint density at radius 2 is 0.800 bits per heavy atom. The van der Waals surface area contributed by atoms with Gasteiger partial charge in [-0.25, -0.2) is 0 Å². The van der Waals surface area contributed by atoms with E-state index < -0.39 is 0 Å². The van der Waals surface area contributed by atoms with Crippen LogP contribution in [0.5, 0.6) is 0 Å². The Morgan fingerprint density at radius 3 is 0.800 bits per heavy atom. The fourth-order valence-electron chi connectivity index (χ4n) is 0.0420. The third kappa shape index (κ3) is 25.2. The average Bonchev–Trinajstić information content (AvgIpc) is 1.93. The molecule has 0 saturated heterocycles. The molecule has 0 aliphatic carbocycles. The fraction of sp³-hybridized carbons (Fsp3) is 0. The van der Waals surface area contributed by atoms with Crippen LogP contribution in [0.15, 0.2) is 0 Å². The standard InChI is InChI=1S/4CHO.2Mn/c4*1-2;;/h4*1H;;. The van der Waals surface area contributed by atoms with Gasteiger partial charge in [0.1, 0.15) is 0 Å². The number of carbonyl (C=O) groups is 4. The van der Waals surface area contributed by atoms with Crippen molar-refractivity contribution in [1.82, 2.24) is 0 Å². The van der Waals surface area contributed by atoms with E-state index >= 15 is 0 Å². The van der Waals surface area contributed by atoms with Crippen molar-refractivity contribution in [2.24, 2.45) is 0 Å². The second-order valence-electron chi connectivity index (χ2n) is 0.608. The molecule has 0 aliphatic rings. The van der Waals surface area contributed by atoms with Crippen LogP contribution in [0.1, 0.15) is 0 Å². The Kier molecular flexibility index (Phi) is 19.7. The summed E-state index contributed by atoms with van der Waals surface area (Å²) in [6.07, 6.45) is 0. The van der Waals surface area contributed by atoms with Crippen LogP contribution in [-0.2, 0) is 49.1 Å². The van der Waals surface area contributed by atoms with Gasteiger partial charge in [0.2, 0.25) is 0 Å². The molecule has 6 heteroatoms. The van der Waals surface area contributed by atoms with Crippen LogP contribution in [-0.4, -0.2) is 20.7 Å². The van der Waals surface area contributed by atoms with Gasteiger partial charge in [-0.3, -0.25) is 0 Å². The Balaban J connectivity index is 0. The maximum absolute atomic E-state index is 9.19. The molecule has 10 heavy (non-hydrogen) atoms. The number of carbonyl (C=O) groups excluding carboxylic acids is 4. The first-order valence-electron chi connectivity index (χ1n) is 1.82. The molecule has 4 nitrogen and oxygen atoms in total. The molecule has 58 valence electrons. The molecule has 0 radical (unpaired) electrons. The monoisotopic (exact) mass is 226 g/mol. The van der Waals surface area contributed by atoms with Gasteiger partial charge in [0.05, 0.1) is 0 Å². The van der Waals surface area contributed by atoms with E-state index in [-0.39, 0.29) is 29.9 Å². The summed E-state index contributed by atoms with van der Waals surface area (Å²) in [5.41, 5.74) is 0. The second-order valence-corrected chi connectivity index (χ2v) is 2.51. The van der Waals surface area contributed by atoms with Crippen molar-refractivity contribution in [2.45, 2.75) is 0 Å². The Labute approximate surface area is 70.0 Å². The second kappa shape index (κ2) is 15.9. The summed E-state index contributed by atoms with van der Waals surface area (Å²) in [7, 11) is 0. The number of hydrogen-bond acceptors (Lipinski definition) is 4. The summed E-state index contributed by atoms with van der Waals surface area (Å²) in [5, 5.41) is 2.38. The summed E-state index contributed by atoms with van der Waals surface area (Å²) in [6, 6.07) is 0. The minimum absolute atomic E-state index is 0.188. The fourth-order valence-corrected chi connectivity index (χ4v) is 0.173. The zero-order valence-corrected chi connectivity index (χ0v) is 7.06. The first-order valence-corrected chi connectivity index (χ1v) is 4.54. The molecule has 0 heterocycles. The zero-order chi connectivity index (χ0) is 8.24. The molecule has 0 atom stereocenters. The van der Waals surface area contributed by atoms with Crippen molar-refractivity contribution in [3.63, 3.8) is 0 Å². The van der Waals surface area contributed by atoms with Crippen LogP contribution < -0.4 is 0 Å². The molecular formula is C4H4Mn2O4. The van der Waals surface area contributed by atoms with E-state index in [0.717, 1.165) is 0 Å². The predicted molar refractivity (Wildman–Crippen MR) is 27.0 cm³/mol. The van der Waals surface area contributed by atoms with Gasteiger partial charge in [0, 0.05) is 0 Å². The zero-order valence-electron chi connectivity index (χ0n) is 4.70. The van der Waals surface area contributed by atoms with Crippen LogP contribution >= 0.6 is 0 Å². The molecule has 0 aromatic rings. The molecular weight excluding hydrogens is 222 g/mol. The molecule has 0 aromatic heterocycles. The van der Waals surface area contributed by atoms with E-state index in [1.165, 1.54) is 0 Å². The average molecular weight is 226 g/mol. The first kappa shape index (κ1) is 12.4. The van der Waals surface area contributed by atoms with Crippen molar-refractivity contribution < 1.29 is 49.1 Å². The summed E-state index contributed by atoms with van der Waals surface area (Å²) in [6.45, 7) is 0. The van der Waals surface area contributed by atoms with E-state index in [1.54, 1.807) is 0 Å². The van der Waals surface area contributed by atoms with Gasteiger partial charge in [-0.1, -0.05) is 0 Å². The number of rotatable bonds is 4. The van der Waals surface area contributed by atoms with Crippen molar-refractivity contribution in [3.8, 4) is 0 Å². The van der Waals surface area contributed by atoms with Crippen molar-refractivity contribution in [2.75, 3.05) is 0 Å². The minimum atomic E-state index is -0.188. The van der Waals surface area contributed by atoms with Gasteiger partial charge in [-0.2, -0.15) is 0 Å². The first-order chi connectivity index (χ1) is 4.83. The molecule has 0 aromatic carbocycles. The van der Waals surface area contributed by atoms with Crippen molar-refractivity contribution in [1.29, 1.82) is 0 Å². The van der Waals surface area contributed by atoms with Crippen LogP contribution in [0.4, 0.5) is 0 Å². The van der Waals surface area contributed by atoms with Gasteiger partial charge < -0.3 is 0 Å². The molecule has 0 rings (SSSR count). The summed E-state index contributed by atoms with van der Waals surface area (Å²) < 4.78 is 0. The third-order valence-electron chi connectivity index (χ3n) is 0.206. The molecule has 0 spiro atoms. The van der Waals surface area contributed by atoms with Crippen LogP contribution in [0, 0.1) is 0 Å².